The number of benzene rings is 1. The number of fused-ring (bicyclic) bond motifs is 1. The molecule has 0 fully saturated rings. The largest absolute Gasteiger partial charge is 0.358 e. The third kappa shape index (κ3) is 6.79. The van der Waals surface area contributed by atoms with Gasteiger partial charge in [0.1, 0.15) is 0 Å². The first-order valence-corrected chi connectivity index (χ1v) is 8.22. The van der Waals surface area contributed by atoms with E-state index in [0.29, 0.717) is 11.1 Å². The van der Waals surface area contributed by atoms with Gasteiger partial charge in [0.2, 0.25) is 0 Å². The van der Waals surface area contributed by atoms with Gasteiger partial charge in [-0.3, -0.25) is 0 Å². The monoisotopic (exact) mass is 610 g/mol. The summed E-state index contributed by atoms with van der Waals surface area (Å²) in [5.74, 6) is -0.641. The molecule has 0 aliphatic heterocycles. The molecule has 0 bridgehead atoms. The molecule has 1 heterocycles. The summed E-state index contributed by atoms with van der Waals surface area (Å²) in [6.45, 7) is 1.92. The van der Waals surface area contributed by atoms with Gasteiger partial charge in [-0.2, -0.15) is 0 Å². The first-order valence-electron chi connectivity index (χ1n) is 6.60. The van der Waals surface area contributed by atoms with Crippen molar-refractivity contribution in [2.24, 2.45) is 0 Å². The second-order valence-electron chi connectivity index (χ2n) is 4.40. The van der Waals surface area contributed by atoms with Crippen LogP contribution < -0.4 is 0 Å². The molecule has 1 aromatic heterocycles. The number of hydrogen-bond acceptors (Lipinski definition) is 4. The number of carbonyl (C=O) groups is 1. The summed E-state index contributed by atoms with van der Waals surface area (Å²) in [6.07, 6.45) is 11.2. The van der Waals surface area contributed by atoms with Crippen LogP contribution in [0.3, 0.4) is 0 Å². The van der Waals surface area contributed by atoms with Gasteiger partial charge in [0.05, 0.1) is 0 Å². The zero-order valence-electron chi connectivity index (χ0n) is 13.7. The van der Waals surface area contributed by atoms with E-state index >= 15 is 0 Å². The molecule has 0 amide bonds. The van der Waals surface area contributed by atoms with E-state index in [0.717, 1.165) is 16.7 Å². The van der Waals surface area contributed by atoms with Gasteiger partial charge in [-0.1, -0.05) is 0 Å². The van der Waals surface area contributed by atoms with Crippen molar-refractivity contribution in [3.63, 3.8) is 0 Å². The number of hydrogen-bond donors (Lipinski definition) is 0. The maximum atomic E-state index is 11.6. The number of aromatic nitrogens is 2. The van der Waals surface area contributed by atoms with Crippen LogP contribution in [0.25, 0.3) is 16.6 Å². The van der Waals surface area contributed by atoms with E-state index in [1.807, 2.05) is 47.8 Å². The Kier molecular flexibility index (Phi) is 12.1. The SMILES string of the molecule is C/C=C\C=C(/[CH]=[Pt])C(=CC(=O)OCl)c1ccc2nc[c-]nc2c1.[CH3-].[Y]. The topological polar surface area (TPSA) is 52.1 Å². The van der Waals surface area contributed by atoms with Crippen molar-refractivity contribution in [1.29, 1.82) is 0 Å². The molecule has 0 saturated heterocycles. The number of halogens is 1. The molecule has 0 unspecified atom stereocenters. The van der Waals surface area contributed by atoms with E-state index in [-0.39, 0.29) is 40.1 Å². The molecule has 7 heteroatoms. The third-order valence-corrected chi connectivity index (χ3v) is 3.81. The van der Waals surface area contributed by atoms with Gasteiger partial charge in [0.15, 0.2) is 0 Å². The summed E-state index contributed by atoms with van der Waals surface area (Å²) < 4.78 is 6.13. The number of rotatable bonds is 5. The molecule has 4 nitrogen and oxygen atoms in total. The molecular weight excluding hydrogens is 596 g/mol. The molecular formula is C18H15ClN2O2PtY-2. The van der Waals surface area contributed by atoms with Gasteiger partial charge in [-0.15, -0.1) is 0 Å². The third-order valence-electron chi connectivity index (χ3n) is 2.95. The van der Waals surface area contributed by atoms with E-state index in [4.69, 9.17) is 11.9 Å². The minimum atomic E-state index is -0.641. The summed E-state index contributed by atoms with van der Waals surface area (Å²) in [5.41, 5.74) is 3.77. The summed E-state index contributed by atoms with van der Waals surface area (Å²) >= 11 is 7.27. The Bertz CT molecular complexity index is 835. The minimum absolute atomic E-state index is 0. The van der Waals surface area contributed by atoms with Crippen molar-refractivity contribution in [3.05, 3.63) is 73.5 Å². The number of nitrogens with zero attached hydrogens (tertiary/aromatic N) is 2. The fourth-order valence-electron chi connectivity index (χ4n) is 1.93. The molecule has 0 atom stereocenters. The maximum absolute atomic E-state index is 11.6. The quantitative estimate of drug-likeness (QED) is 0.294. The van der Waals surface area contributed by atoms with Crippen LogP contribution in [0.1, 0.15) is 12.5 Å². The van der Waals surface area contributed by atoms with E-state index in [1.54, 1.807) is 0 Å². The molecule has 2 aromatic rings. The van der Waals surface area contributed by atoms with Gasteiger partial charge in [0, 0.05) is 32.7 Å². The van der Waals surface area contributed by atoms with Gasteiger partial charge in [0.25, 0.3) is 0 Å². The molecule has 25 heavy (non-hydrogen) atoms. The number of carbonyl (C=O) groups excluding carboxylic acids is 1. The second-order valence-corrected chi connectivity index (χ2v) is 5.21. The predicted octanol–water partition coefficient (Wildman–Crippen LogP) is 3.81. The van der Waals surface area contributed by atoms with Gasteiger partial charge < -0.3 is 7.43 Å². The molecule has 131 valence electrons. The molecule has 2 rings (SSSR count). The molecule has 1 radical (unpaired) electrons. The van der Waals surface area contributed by atoms with Crippen LogP contribution in [0.15, 0.2) is 54.3 Å². The van der Waals surface area contributed by atoms with Gasteiger partial charge >= 0.3 is 150 Å². The van der Waals surface area contributed by atoms with Crippen molar-refractivity contribution in [1.82, 2.24) is 9.97 Å². The van der Waals surface area contributed by atoms with Crippen molar-refractivity contribution < 1.29 is 61.1 Å². The van der Waals surface area contributed by atoms with Gasteiger partial charge in [-0.05, 0) is 0 Å². The fourth-order valence-corrected chi connectivity index (χ4v) is 2.55. The van der Waals surface area contributed by atoms with Crippen molar-refractivity contribution in [2.45, 2.75) is 6.92 Å². The van der Waals surface area contributed by atoms with E-state index in [2.05, 4.69) is 39.8 Å². The normalized spacial score (nSPS) is 11.7. The molecule has 1 aromatic carbocycles. The minimum Gasteiger partial charge on any atom is -0.358 e. The molecule has 0 saturated carbocycles. The van der Waals surface area contributed by atoms with Crippen LogP contribution in [-0.2, 0) is 61.1 Å². The average Bonchev–Trinajstić information content (AvgIpc) is 2.60. The zero-order chi connectivity index (χ0) is 16.7. The first kappa shape index (κ1) is 24.2. The Morgan fingerprint density at radius 3 is 2.76 bits per heavy atom. The first-order chi connectivity index (χ1) is 11.2. The summed E-state index contributed by atoms with van der Waals surface area (Å²) in [6, 6.07) is 5.55. The van der Waals surface area contributed by atoms with E-state index in [9.17, 15) is 4.79 Å². The van der Waals surface area contributed by atoms with Gasteiger partial charge in [-0.25, -0.2) is 0 Å². The molecule has 0 N–H and O–H groups in total. The van der Waals surface area contributed by atoms with Crippen LogP contribution in [0.2, 0.25) is 0 Å². The van der Waals surface area contributed by atoms with Crippen LogP contribution >= 0.6 is 11.9 Å². The summed E-state index contributed by atoms with van der Waals surface area (Å²) in [4.78, 5) is 20.0. The Morgan fingerprint density at radius 2 is 2.12 bits per heavy atom. The van der Waals surface area contributed by atoms with Crippen molar-refractivity contribution >= 4 is 38.8 Å². The number of allylic oxidation sites excluding steroid dienone is 5. The maximum Gasteiger partial charge on any atom is 0 e. The summed E-state index contributed by atoms with van der Waals surface area (Å²) in [7, 11) is 0. The predicted molar refractivity (Wildman–Crippen MR) is 93.7 cm³/mol. The van der Waals surface area contributed by atoms with Crippen LogP contribution in [0.4, 0.5) is 0 Å². The van der Waals surface area contributed by atoms with E-state index < -0.39 is 5.97 Å². The molecule has 0 spiro atoms. The van der Waals surface area contributed by atoms with Crippen LogP contribution in [0.5, 0.6) is 0 Å². The molecule has 0 aliphatic rings. The summed E-state index contributed by atoms with van der Waals surface area (Å²) in [5, 5.41) is 0. The van der Waals surface area contributed by atoms with E-state index in [1.165, 1.54) is 12.3 Å². The second kappa shape index (κ2) is 12.5. The molecule has 0 aliphatic carbocycles. The zero-order valence-corrected chi connectivity index (χ0v) is 19.5. The Morgan fingerprint density at radius 1 is 1.36 bits per heavy atom. The Labute approximate surface area is 188 Å². The van der Waals surface area contributed by atoms with Crippen molar-refractivity contribution in [3.8, 4) is 0 Å². The average molecular weight is 611 g/mol. The van der Waals surface area contributed by atoms with Crippen LogP contribution in [-0.4, -0.2) is 20.3 Å². The standard InChI is InChI=1S/C17H12ClN2O2.CH3.Pt.Y/c1-3-4-5-12(2)14(11-17(21)22-18)13-6-7-15-16(10-13)20-9-8-19-15;;;/h2-8,10-11H,1H3;1H3;;/q2*-1;;/b4-3-,12-5+,14-11?;;;. The smallest absolute Gasteiger partial charge is 0 e. The fraction of sp³-hybridized carbons (Fsp3) is 0.0556. The Hall–Kier alpha value is -0.798. The van der Waals surface area contributed by atoms with Crippen LogP contribution in [0, 0.1) is 13.6 Å². The Balaban J connectivity index is 0.00000288. The van der Waals surface area contributed by atoms with Crippen molar-refractivity contribution in [2.75, 3.05) is 0 Å².